The lowest BCUT2D eigenvalue weighted by atomic mass is 9.98. The number of rotatable bonds is 34. The van der Waals surface area contributed by atoms with Crippen molar-refractivity contribution in [1.82, 2.24) is 0 Å². The van der Waals surface area contributed by atoms with Crippen molar-refractivity contribution in [1.29, 1.82) is 0 Å². The van der Waals surface area contributed by atoms with Gasteiger partial charge < -0.3 is 43.7 Å². The largest absolute Gasteiger partial charge is 0.463 e. The van der Waals surface area contributed by atoms with Crippen molar-refractivity contribution in [3.63, 3.8) is 0 Å². The molecule has 1 aliphatic rings. The fourth-order valence-corrected chi connectivity index (χ4v) is 6.01. The third-order valence-electron chi connectivity index (χ3n) is 8.43. The Morgan fingerprint density at radius 1 is 0.622 bits per heavy atom. The summed E-state index contributed by atoms with van der Waals surface area (Å²) >= 11 is 0. The molecule has 4 unspecified atom stereocenters. The van der Waals surface area contributed by atoms with Gasteiger partial charge in [0.05, 0.1) is 84.4 Å². The molecule has 10 heteroatoms. The predicted molar refractivity (Wildman–Crippen MR) is 175 cm³/mol. The van der Waals surface area contributed by atoms with E-state index in [9.17, 15) is 15.0 Å². The van der Waals surface area contributed by atoms with E-state index in [0.29, 0.717) is 32.8 Å². The molecular formula is C35H68O10. The molecule has 0 aromatic heterocycles. The summed E-state index contributed by atoms with van der Waals surface area (Å²) in [5.41, 5.74) is 0. The molecule has 0 aromatic rings. The molecule has 0 aromatic carbocycles. The number of unbranched alkanes of at least 4 members (excludes halogenated alkanes) is 14. The van der Waals surface area contributed by atoms with E-state index in [-0.39, 0.29) is 76.4 Å². The van der Waals surface area contributed by atoms with Gasteiger partial charge in [-0.1, -0.05) is 96.8 Å². The van der Waals surface area contributed by atoms with Gasteiger partial charge in [0.15, 0.2) is 0 Å². The van der Waals surface area contributed by atoms with E-state index in [4.69, 9.17) is 33.5 Å². The predicted octanol–water partition coefficient (Wildman–Crippen LogP) is 5.37. The van der Waals surface area contributed by atoms with E-state index in [0.717, 1.165) is 25.7 Å². The Kier molecular flexibility index (Phi) is 29.7. The van der Waals surface area contributed by atoms with Crippen LogP contribution in [-0.4, -0.2) is 112 Å². The Morgan fingerprint density at radius 3 is 1.76 bits per heavy atom. The molecule has 0 amide bonds. The van der Waals surface area contributed by atoms with Crippen LogP contribution in [0.2, 0.25) is 0 Å². The fraction of sp³-hybridized carbons (Fsp3) is 0.971. The minimum atomic E-state index is -0.316. The zero-order valence-corrected chi connectivity index (χ0v) is 28.5. The molecule has 4 atom stereocenters. The molecule has 3 N–H and O–H groups in total. The summed E-state index contributed by atoms with van der Waals surface area (Å²) in [7, 11) is 0. The van der Waals surface area contributed by atoms with E-state index < -0.39 is 0 Å². The zero-order chi connectivity index (χ0) is 32.6. The van der Waals surface area contributed by atoms with Crippen LogP contribution < -0.4 is 0 Å². The summed E-state index contributed by atoms with van der Waals surface area (Å²) in [6.07, 6.45) is 20.7. The number of carbonyl (C=O) groups is 1. The van der Waals surface area contributed by atoms with E-state index in [1.807, 2.05) is 0 Å². The Hall–Kier alpha value is -0.850. The Bertz CT molecular complexity index is 638. The van der Waals surface area contributed by atoms with E-state index >= 15 is 0 Å². The highest BCUT2D eigenvalue weighted by Crippen LogP contribution is 2.35. The van der Waals surface area contributed by atoms with Crippen LogP contribution in [0.25, 0.3) is 0 Å². The van der Waals surface area contributed by atoms with Crippen LogP contribution >= 0.6 is 0 Å². The van der Waals surface area contributed by atoms with Crippen molar-refractivity contribution in [2.45, 2.75) is 141 Å². The van der Waals surface area contributed by atoms with Gasteiger partial charge in [-0.05, 0) is 19.3 Å². The zero-order valence-electron chi connectivity index (χ0n) is 28.5. The van der Waals surface area contributed by atoms with Gasteiger partial charge in [0.2, 0.25) is 0 Å². The quantitative estimate of drug-likeness (QED) is 0.0618. The summed E-state index contributed by atoms with van der Waals surface area (Å²) in [6.45, 7) is 4.16. The molecule has 0 radical (unpaired) electrons. The molecule has 0 spiro atoms. The highest BCUT2D eigenvalue weighted by Gasteiger charge is 2.42. The second-order valence-electron chi connectivity index (χ2n) is 12.2. The first-order valence-corrected chi connectivity index (χ1v) is 18.2. The molecule has 1 rings (SSSR count). The van der Waals surface area contributed by atoms with Crippen molar-refractivity contribution in [3.05, 3.63) is 0 Å². The normalized spacial score (nSPS) is 18.9. The third kappa shape index (κ3) is 23.2. The van der Waals surface area contributed by atoms with Crippen LogP contribution in [0.3, 0.4) is 0 Å². The lowest BCUT2D eigenvalue weighted by molar-refractivity contribution is -0.145. The lowest BCUT2D eigenvalue weighted by Gasteiger charge is -2.31. The summed E-state index contributed by atoms with van der Waals surface area (Å²) in [4.78, 5) is 12.0. The summed E-state index contributed by atoms with van der Waals surface area (Å²) in [5, 5.41) is 27.6. The molecule has 10 nitrogen and oxygen atoms in total. The van der Waals surface area contributed by atoms with Gasteiger partial charge in [-0.3, -0.25) is 4.79 Å². The van der Waals surface area contributed by atoms with E-state index in [1.165, 1.54) is 83.5 Å². The lowest BCUT2D eigenvalue weighted by Crippen LogP contribution is -2.41. The summed E-state index contributed by atoms with van der Waals surface area (Å²) < 4.78 is 34.2. The molecule has 0 bridgehead atoms. The molecule has 0 saturated heterocycles. The average Bonchev–Trinajstić information content (AvgIpc) is 3.45. The third-order valence-corrected chi connectivity index (χ3v) is 8.43. The minimum absolute atomic E-state index is 0.0309. The first-order valence-electron chi connectivity index (χ1n) is 18.2. The van der Waals surface area contributed by atoms with Gasteiger partial charge in [0.1, 0.15) is 6.61 Å². The molecule has 0 aliphatic heterocycles. The standard InChI is InChI=1S/C35H68O10/c1-2-3-4-5-6-7-8-9-10-11-12-13-14-15-16-17-34(39)44-29-28-40-26-27-41-30-33(43-24-21-37)31-18-19-32(42-23-20-36)35(31)45-25-22-38/h31-33,35-38H,2-30H2,1H3. The second-order valence-corrected chi connectivity index (χ2v) is 12.2. The van der Waals surface area contributed by atoms with Crippen molar-refractivity contribution >= 4 is 5.97 Å². The maximum absolute atomic E-state index is 12.0. The minimum Gasteiger partial charge on any atom is -0.463 e. The fourth-order valence-electron chi connectivity index (χ4n) is 6.01. The summed E-state index contributed by atoms with van der Waals surface area (Å²) in [6, 6.07) is 0. The van der Waals surface area contributed by atoms with Crippen LogP contribution in [0.15, 0.2) is 0 Å². The number of ether oxygens (including phenoxy) is 6. The molecular weight excluding hydrogens is 580 g/mol. The number of carbonyl (C=O) groups excluding carboxylic acids is 1. The van der Waals surface area contributed by atoms with Gasteiger partial charge >= 0.3 is 5.97 Å². The van der Waals surface area contributed by atoms with Crippen molar-refractivity contribution in [2.75, 3.05) is 72.7 Å². The highest BCUT2D eigenvalue weighted by atomic mass is 16.6. The Labute approximate surface area is 273 Å². The maximum Gasteiger partial charge on any atom is 0.305 e. The SMILES string of the molecule is CCCCCCCCCCCCCCCCCC(=O)OCCOCCOCC(OCCO)C1CCC(OCCO)C1OCCO. The first kappa shape index (κ1) is 42.2. The molecule has 0 heterocycles. The van der Waals surface area contributed by atoms with Crippen LogP contribution in [0.1, 0.15) is 122 Å². The number of aliphatic hydroxyl groups is 3. The second kappa shape index (κ2) is 31.7. The monoisotopic (exact) mass is 648 g/mol. The van der Waals surface area contributed by atoms with Crippen LogP contribution in [0.5, 0.6) is 0 Å². The number of hydrogen-bond acceptors (Lipinski definition) is 10. The van der Waals surface area contributed by atoms with Crippen LogP contribution in [0.4, 0.5) is 0 Å². The molecule has 45 heavy (non-hydrogen) atoms. The van der Waals surface area contributed by atoms with Gasteiger partial charge in [-0.15, -0.1) is 0 Å². The topological polar surface area (TPSA) is 133 Å². The molecule has 1 saturated carbocycles. The van der Waals surface area contributed by atoms with E-state index in [2.05, 4.69) is 6.92 Å². The van der Waals surface area contributed by atoms with Gasteiger partial charge in [0.25, 0.3) is 0 Å². The molecule has 268 valence electrons. The van der Waals surface area contributed by atoms with Crippen molar-refractivity contribution in [3.8, 4) is 0 Å². The van der Waals surface area contributed by atoms with Gasteiger partial charge in [-0.2, -0.15) is 0 Å². The van der Waals surface area contributed by atoms with E-state index in [1.54, 1.807) is 0 Å². The van der Waals surface area contributed by atoms with Crippen LogP contribution in [-0.2, 0) is 33.2 Å². The van der Waals surface area contributed by atoms with Crippen LogP contribution in [0, 0.1) is 5.92 Å². The molecule has 1 fully saturated rings. The number of aliphatic hydroxyl groups excluding tert-OH is 3. The number of esters is 1. The summed E-state index contributed by atoms with van der Waals surface area (Å²) in [5.74, 6) is -0.194. The smallest absolute Gasteiger partial charge is 0.305 e. The van der Waals surface area contributed by atoms with Gasteiger partial charge in [-0.25, -0.2) is 0 Å². The van der Waals surface area contributed by atoms with Crippen molar-refractivity contribution in [2.24, 2.45) is 5.92 Å². The Balaban J connectivity index is 2.03. The maximum atomic E-state index is 12.0. The Morgan fingerprint density at radius 2 is 1.16 bits per heavy atom. The highest BCUT2D eigenvalue weighted by molar-refractivity contribution is 5.69. The number of hydrogen-bond donors (Lipinski definition) is 3. The average molecular weight is 649 g/mol. The molecule has 1 aliphatic carbocycles. The van der Waals surface area contributed by atoms with Crippen molar-refractivity contribution < 1.29 is 48.5 Å². The first-order chi connectivity index (χ1) is 22.2. The van der Waals surface area contributed by atoms with Gasteiger partial charge in [0, 0.05) is 12.3 Å².